The maximum Gasteiger partial charge on any atom is 0.255 e. The molecule has 1 aliphatic rings. The molecule has 0 spiro atoms. The topological polar surface area (TPSA) is 84.9 Å². The van der Waals surface area contributed by atoms with Gasteiger partial charge in [-0.05, 0) is 31.0 Å². The van der Waals surface area contributed by atoms with Gasteiger partial charge >= 0.3 is 0 Å². The number of hydrogen-bond donors (Lipinski definition) is 1. The van der Waals surface area contributed by atoms with Crippen LogP contribution in [0.1, 0.15) is 23.2 Å². The van der Waals surface area contributed by atoms with Gasteiger partial charge < -0.3 is 14.8 Å². The maximum absolute atomic E-state index is 12.7. The van der Waals surface area contributed by atoms with Crippen LogP contribution in [0.25, 0.3) is 0 Å². The molecule has 1 heterocycles. The van der Waals surface area contributed by atoms with Crippen LogP contribution in [0.4, 0.5) is 5.69 Å². The highest BCUT2D eigenvalue weighted by Crippen LogP contribution is 2.36. The number of carbonyl (C=O) groups excluding carboxylic acids is 1. The Labute approximate surface area is 169 Å². The van der Waals surface area contributed by atoms with Crippen molar-refractivity contribution in [1.29, 1.82) is 0 Å². The fourth-order valence-corrected chi connectivity index (χ4v) is 4.82. The molecular formula is C19H21ClN2O5S. The number of rotatable bonds is 6. The Hall–Kier alpha value is -2.29. The average molecular weight is 425 g/mol. The summed E-state index contributed by atoms with van der Waals surface area (Å²) in [5.41, 5.74) is 0.581. The van der Waals surface area contributed by atoms with Crippen molar-refractivity contribution in [2.45, 2.75) is 17.7 Å². The molecule has 0 bridgehead atoms. The van der Waals surface area contributed by atoms with Crippen molar-refractivity contribution >= 4 is 33.2 Å². The number of amides is 1. The standard InChI is InChI=1S/C19H21ClN2O5S/c1-26-17-12-16(18(27-2)11-15(17)20)21-19(23)13-6-5-7-14(10-13)28(24,25)22-8-3-4-9-22/h5-7,10-12H,3-4,8-9H2,1-2H3,(H,21,23). The lowest BCUT2D eigenvalue weighted by Crippen LogP contribution is -2.28. The van der Waals surface area contributed by atoms with Gasteiger partial charge in [0, 0.05) is 30.8 Å². The van der Waals surface area contributed by atoms with Crippen LogP contribution in [0.3, 0.4) is 0 Å². The zero-order chi connectivity index (χ0) is 20.3. The summed E-state index contributed by atoms with van der Waals surface area (Å²) in [7, 11) is -0.686. The zero-order valence-electron chi connectivity index (χ0n) is 15.6. The molecule has 0 saturated carbocycles. The fourth-order valence-electron chi connectivity index (χ4n) is 3.03. The van der Waals surface area contributed by atoms with Gasteiger partial charge in [-0.3, -0.25) is 4.79 Å². The third-order valence-electron chi connectivity index (χ3n) is 4.52. The van der Waals surface area contributed by atoms with Gasteiger partial charge in [-0.15, -0.1) is 0 Å². The van der Waals surface area contributed by atoms with Gasteiger partial charge in [0.15, 0.2) is 0 Å². The lowest BCUT2D eigenvalue weighted by atomic mass is 10.2. The van der Waals surface area contributed by atoms with Crippen molar-refractivity contribution < 1.29 is 22.7 Å². The third kappa shape index (κ3) is 4.09. The summed E-state index contributed by atoms with van der Waals surface area (Å²) in [6.45, 7) is 1.00. The molecule has 7 nitrogen and oxygen atoms in total. The highest BCUT2D eigenvalue weighted by atomic mass is 35.5. The quantitative estimate of drug-likeness (QED) is 0.768. The van der Waals surface area contributed by atoms with Crippen molar-refractivity contribution in [3.05, 3.63) is 47.0 Å². The van der Waals surface area contributed by atoms with E-state index < -0.39 is 15.9 Å². The van der Waals surface area contributed by atoms with Crippen LogP contribution in [-0.4, -0.2) is 45.9 Å². The minimum atomic E-state index is -3.61. The van der Waals surface area contributed by atoms with E-state index in [0.717, 1.165) is 12.8 Å². The van der Waals surface area contributed by atoms with Crippen LogP contribution in [0.5, 0.6) is 11.5 Å². The van der Waals surface area contributed by atoms with Gasteiger partial charge in [0.2, 0.25) is 10.0 Å². The molecule has 9 heteroatoms. The number of methoxy groups -OCH3 is 2. The van der Waals surface area contributed by atoms with E-state index in [2.05, 4.69) is 5.32 Å². The van der Waals surface area contributed by atoms with Crippen molar-refractivity contribution in [2.24, 2.45) is 0 Å². The van der Waals surface area contributed by atoms with Gasteiger partial charge in [0.1, 0.15) is 11.5 Å². The summed E-state index contributed by atoms with van der Waals surface area (Å²) in [6.07, 6.45) is 1.69. The highest BCUT2D eigenvalue weighted by Gasteiger charge is 2.27. The Bertz CT molecular complexity index is 988. The average Bonchev–Trinajstić information content (AvgIpc) is 3.24. The second-order valence-corrected chi connectivity index (χ2v) is 8.63. The predicted molar refractivity (Wildman–Crippen MR) is 107 cm³/mol. The number of hydrogen-bond acceptors (Lipinski definition) is 5. The molecule has 3 rings (SSSR count). The summed E-state index contributed by atoms with van der Waals surface area (Å²) in [5.74, 6) is 0.268. The summed E-state index contributed by atoms with van der Waals surface area (Å²) in [5, 5.41) is 3.06. The van der Waals surface area contributed by atoms with Crippen LogP contribution in [0, 0.1) is 0 Å². The molecule has 150 valence electrons. The molecule has 1 aliphatic heterocycles. The van der Waals surface area contributed by atoms with E-state index in [1.807, 2.05) is 0 Å². The molecule has 2 aromatic rings. The first-order valence-electron chi connectivity index (χ1n) is 8.70. The largest absolute Gasteiger partial charge is 0.495 e. The number of nitrogens with one attached hydrogen (secondary N) is 1. The Morgan fingerprint density at radius 2 is 1.75 bits per heavy atom. The van der Waals surface area contributed by atoms with Gasteiger partial charge in [-0.25, -0.2) is 8.42 Å². The van der Waals surface area contributed by atoms with Gasteiger partial charge in [0.25, 0.3) is 5.91 Å². The normalized spacial score (nSPS) is 14.7. The molecule has 0 aromatic heterocycles. The number of carbonyl (C=O) groups is 1. The van der Waals surface area contributed by atoms with Crippen LogP contribution in [-0.2, 0) is 10.0 Å². The Morgan fingerprint density at radius 1 is 1.07 bits per heavy atom. The Morgan fingerprint density at radius 3 is 2.39 bits per heavy atom. The second-order valence-electron chi connectivity index (χ2n) is 6.28. The molecular weight excluding hydrogens is 404 g/mol. The van der Waals surface area contributed by atoms with E-state index in [-0.39, 0.29) is 10.5 Å². The molecule has 0 unspecified atom stereocenters. The van der Waals surface area contributed by atoms with E-state index in [1.54, 1.807) is 18.2 Å². The van der Waals surface area contributed by atoms with E-state index >= 15 is 0 Å². The lowest BCUT2D eigenvalue weighted by molar-refractivity contribution is 0.102. The van der Waals surface area contributed by atoms with Crippen molar-refractivity contribution in [2.75, 3.05) is 32.6 Å². The van der Waals surface area contributed by atoms with E-state index in [1.165, 1.54) is 36.7 Å². The minimum Gasteiger partial charge on any atom is -0.495 e. The number of nitrogens with zero attached hydrogens (tertiary/aromatic N) is 1. The summed E-state index contributed by atoms with van der Waals surface area (Å²) in [6, 6.07) is 9.06. The van der Waals surface area contributed by atoms with Gasteiger partial charge in [0.05, 0.1) is 29.8 Å². The maximum atomic E-state index is 12.7. The molecule has 1 N–H and O–H groups in total. The van der Waals surface area contributed by atoms with Gasteiger partial charge in [-0.2, -0.15) is 4.31 Å². The molecule has 0 aliphatic carbocycles. The summed E-state index contributed by atoms with van der Waals surface area (Å²) in [4.78, 5) is 12.8. The monoisotopic (exact) mass is 424 g/mol. The number of sulfonamides is 1. The third-order valence-corrected chi connectivity index (χ3v) is 6.71. The van der Waals surface area contributed by atoms with E-state index in [0.29, 0.717) is 35.3 Å². The predicted octanol–water partition coefficient (Wildman–Crippen LogP) is 3.39. The number of anilines is 1. The number of halogens is 1. The highest BCUT2D eigenvalue weighted by molar-refractivity contribution is 7.89. The first-order chi connectivity index (χ1) is 13.4. The Balaban J connectivity index is 1.88. The van der Waals surface area contributed by atoms with Crippen molar-refractivity contribution in [3.8, 4) is 11.5 Å². The molecule has 28 heavy (non-hydrogen) atoms. The minimum absolute atomic E-state index is 0.0997. The number of ether oxygens (including phenoxy) is 2. The fraction of sp³-hybridized carbons (Fsp3) is 0.316. The number of benzene rings is 2. The van der Waals surface area contributed by atoms with Crippen LogP contribution >= 0.6 is 11.6 Å². The molecule has 2 aromatic carbocycles. The molecule has 0 radical (unpaired) electrons. The van der Waals surface area contributed by atoms with Crippen molar-refractivity contribution in [3.63, 3.8) is 0 Å². The molecule has 1 saturated heterocycles. The first-order valence-corrected chi connectivity index (χ1v) is 10.5. The Kier molecular flexibility index (Phi) is 6.12. The van der Waals surface area contributed by atoms with Gasteiger partial charge in [-0.1, -0.05) is 17.7 Å². The van der Waals surface area contributed by atoms with Crippen LogP contribution < -0.4 is 14.8 Å². The molecule has 1 amide bonds. The molecule has 1 fully saturated rings. The van der Waals surface area contributed by atoms with Crippen molar-refractivity contribution in [1.82, 2.24) is 4.31 Å². The van der Waals surface area contributed by atoms with Crippen LogP contribution in [0.15, 0.2) is 41.3 Å². The first kappa shape index (κ1) is 20.4. The smallest absolute Gasteiger partial charge is 0.255 e. The molecule has 0 atom stereocenters. The summed E-state index contributed by atoms with van der Waals surface area (Å²) >= 11 is 6.08. The van der Waals surface area contributed by atoms with E-state index in [4.69, 9.17) is 21.1 Å². The SMILES string of the molecule is COc1cc(NC(=O)c2cccc(S(=O)(=O)N3CCCC3)c2)c(OC)cc1Cl. The second kappa shape index (κ2) is 8.38. The van der Waals surface area contributed by atoms with Crippen LogP contribution in [0.2, 0.25) is 5.02 Å². The summed E-state index contributed by atoms with van der Waals surface area (Å²) < 4.78 is 37.3. The zero-order valence-corrected chi connectivity index (χ0v) is 17.1. The van der Waals surface area contributed by atoms with E-state index in [9.17, 15) is 13.2 Å². The lowest BCUT2D eigenvalue weighted by Gasteiger charge is -2.16.